The smallest absolute Gasteiger partial charge is 0.215 e. The largest absolute Gasteiger partial charge is 0.475 e. The maximum atomic E-state index is 10.2. The van der Waals surface area contributed by atoms with Gasteiger partial charge in [0.05, 0.1) is 11.5 Å². The van der Waals surface area contributed by atoms with Gasteiger partial charge in [0, 0.05) is 30.3 Å². The van der Waals surface area contributed by atoms with Gasteiger partial charge in [0.2, 0.25) is 5.88 Å². The van der Waals surface area contributed by atoms with Crippen LogP contribution in [-0.4, -0.2) is 54.2 Å². The molecular weight excluding hydrogens is 434 g/mol. The van der Waals surface area contributed by atoms with E-state index in [1.54, 1.807) is 26.1 Å². The van der Waals surface area contributed by atoms with Gasteiger partial charge < -0.3 is 23.9 Å². The van der Waals surface area contributed by atoms with E-state index in [0.29, 0.717) is 28.7 Å². The molecule has 1 aliphatic heterocycles. The summed E-state index contributed by atoms with van der Waals surface area (Å²) < 4.78 is 20.0. The second-order valence-electron chi connectivity index (χ2n) is 8.10. The molecule has 166 valence electrons. The first-order chi connectivity index (χ1) is 15.4. The van der Waals surface area contributed by atoms with Crippen molar-refractivity contribution in [2.75, 3.05) is 6.61 Å². The number of ether oxygens (including phenoxy) is 3. The van der Waals surface area contributed by atoms with E-state index in [-0.39, 0.29) is 12.8 Å². The summed E-state index contributed by atoms with van der Waals surface area (Å²) in [6, 6.07) is 9.35. The Morgan fingerprint density at radius 1 is 1.22 bits per heavy atom. The SMILES string of the molecule is CC(C)(O)O[C@H]1C[C@H](n2ccc3c(Cl)ncnc32)O[C@@H]1COc1ccc2cccnc2n1. The summed E-state index contributed by atoms with van der Waals surface area (Å²) in [7, 11) is 0. The van der Waals surface area contributed by atoms with Crippen molar-refractivity contribution in [1.29, 1.82) is 0 Å². The molecule has 0 aliphatic carbocycles. The van der Waals surface area contributed by atoms with Crippen LogP contribution in [0, 0.1) is 0 Å². The molecule has 1 fully saturated rings. The van der Waals surface area contributed by atoms with E-state index in [0.717, 1.165) is 10.8 Å². The standard InChI is InChI=1S/C22H22ClN5O4/c1-22(2,29)32-15-10-18(28-9-7-14-19(23)25-12-26-21(14)28)31-16(15)11-30-17-6-5-13-4-3-8-24-20(13)27-17/h3-9,12,15-16,18,29H,10-11H2,1-2H3/t15-,16+,18+/m0/s1. The van der Waals surface area contributed by atoms with E-state index in [1.165, 1.54) is 6.33 Å². The van der Waals surface area contributed by atoms with Gasteiger partial charge in [-0.3, -0.25) is 0 Å². The number of hydrogen-bond donors (Lipinski definition) is 1. The highest BCUT2D eigenvalue weighted by atomic mass is 35.5. The second kappa shape index (κ2) is 8.25. The van der Waals surface area contributed by atoms with Crippen molar-refractivity contribution in [1.82, 2.24) is 24.5 Å². The molecule has 0 bridgehead atoms. The predicted octanol–water partition coefficient (Wildman–Crippen LogP) is 3.51. The Hall–Kier alpha value is -2.85. The minimum absolute atomic E-state index is 0.192. The van der Waals surface area contributed by atoms with Gasteiger partial charge >= 0.3 is 0 Å². The quantitative estimate of drug-likeness (QED) is 0.348. The van der Waals surface area contributed by atoms with Crippen LogP contribution in [0.3, 0.4) is 0 Å². The Morgan fingerprint density at radius 3 is 2.94 bits per heavy atom. The van der Waals surface area contributed by atoms with Crippen LogP contribution in [0.4, 0.5) is 0 Å². The van der Waals surface area contributed by atoms with Crippen LogP contribution in [-0.2, 0) is 9.47 Å². The Balaban J connectivity index is 1.37. The molecule has 0 unspecified atom stereocenters. The third-order valence-electron chi connectivity index (χ3n) is 5.23. The zero-order valence-electron chi connectivity index (χ0n) is 17.6. The third kappa shape index (κ3) is 4.24. The number of halogens is 1. The lowest BCUT2D eigenvalue weighted by molar-refractivity contribution is -0.216. The molecule has 4 aromatic heterocycles. The lowest BCUT2D eigenvalue weighted by Crippen LogP contribution is -2.37. The van der Waals surface area contributed by atoms with Gasteiger partial charge in [-0.15, -0.1) is 0 Å². The average Bonchev–Trinajstić information content (AvgIpc) is 3.35. The summed E-state index contributed by atoms with van der Waals surface area (Å²) in [4.78, 5) is 17.1. The highest BCUT2D eigenvalue weighted by Crippen LogP contribution is 2.35. The summed E-state index contributed by atoms with van der Waals surface area (Å²) >= 11 is 6.19. The summed E-state index contributed by atoms with van der Waals surface area (Å²) in [5.74, 6) is -0.882. The van der Waals surface area contributed by atoms with Crippen molar-refractivity contribution in [3.63, 3.8) is 0 Å². The van der Waals surface area contributed by atoms with Crippen molar-refractivity contribution in [2.24, 2.45) is 0 Å². The van der Waals surface area contributed by atoms with E-state index < -0.39 is 18.0 Å². The number of rotatable bonds is 6. The number of hydrogen-bond acceptors (Lipinski definition) is 8. The Morgan fingerprint density at radius 2 is 2.09 bits per heavy atom. The number of aliphatic hydroxyl groups is 1. The van der Waals surface area contributed by atoms with Crippen molar-refractivity contribution < 1.29 is 19.3 Å². The van der Waals surface area contributed by atoms with Crippen molar-refractivity contribution >= 4 is 33.7 Å². The van der Waals surface area contributed by atoms with Crippen molar-refractivity contribution in [3.8, 4) is 5.88 Å². The molecule has 0 aromatic carbocycles. The van der Waals surface area contributed by atoms with Gasteiger partial charge in [-0.1, -0.05) is 11.6 Å². The second-order valence-corrected chi connectivity index (χ2v) is 8.46. The Kier molecular flexibility index (Phi) is 5.42. The van der Waals surface area contributed by atoms with E-state index in [1.807, 2.05) is 35.0 Å². The Bertz CT molecular complexity index is 1260. The third-order valence-corrected chi connectivity index (χ3v) is 5.53. The summed E-state index contributed by atoms with van der Waals surface area (Å²) in [5, 5.41) is 12.3. The molecule has 5 heterocycles. The molecule has 0 saturated carbocycles. The van der Waals surface area contributed by atoms with Gasteiger partial charge in [0.25, 0.3) is 0 Å². The monoisotopic (exact) mass is 455 g/mol. The minimum Gasteiger partial charge on any atom is -0.475 e. The minimum atomic E-state index is -1.32. The van der Waals surface area contributed by atoms with Crippen molar-refractivity contribution in [2.45, 2.75) is 44.5 Å². The lowest BCUT2D eigenvalue weighted by atomic mass is 10.1. The number of pyridine rings is 2. The van der Waals surface area contributed by atoms with Crippen LogP contribution in [0.1, 0.15) is 26.5 Å². The van der Waals surface area contributed by atoms with Crippen LogP contribution in [0.5, 0.6) is 5.88 Å². The van der Waals surface area contributed by atoms with Gasteiger partial charge in [0.1, 0.15) is 36.1 Å². The molecule has 32 heavy (non-hydrogen) atoms. The lowest BCUT2D eigenvalue weighted by Gasteiger charge is -2.26. The molecule has 1 aliphatic rings. The molecule has 9 nitrogen and oxygen atoms in total. The first-order valence-corrected chi connectivity index (χ1v) is 10.6. The molecule has 0 spiro atoms. The van der Waals surface area contributed by atoms with Crippen LogP contribution in [0.25, 0.3) is 22.1 Å². The molecule has 1 saturated heterocycles. The normalized spacial score (nSPS) is 21.4. The van der Waals surface area contributed by atoms with Gasteiger partial charge in [0.15, 0.2) is 11.4 Å². The number of nitrogens with zero attached hydrogens (tertiary/aromatic N) is 5. The zero-order valence-corrected chi connectivity index (χ0v) is 18.3. The van der Waals surface area contributed by atoms with E-state index in [4.69, 9.17) is 25.8 Å². The van der Waals surface area contributed by atoms with Gasteiger partial charge in [-0.2, -0.15) is 4.98 Å². The van der Waals surface area contributed by atoms with Crippen LogP contribution < -0.4 is 4.74 Å². The highest BCUT2D eigenvalue weighted by molar-refractivity contribution is 6.33. The zero-order chi connectivity index (χ0) is 22.3. The first-order valence-electron chi connectivity index (χ1n) is 10.2. The fraction of sp³-hybridized carbons (Fsp3) is 0.364. The van der Waals surface area contributed by atoms with Crippen LogP contribution in [0.15, 0.2) is 49.1 Å². The number of aromatic nitrogens is 5. The number of fused-ring (bicyclic) bond motifs is 2. The Labute approximate surface area is 189 Å². The molecule has 5 rings (SSSR count). The average molecular weight is 456 g/mol. The maximum absolute atomic E-state index is 10.2. The van der Waals surface area contributed by atoms with Crippen molar-refractivity contribution in [3.05, 3.63) is 54.2 Å². The molecule has 4 aromatic rings. The molecular formula is C22H22ClN5O4. The fourth-order valence-electron chi connectivity index (χ4n) is 3.87. The molecule has 1 N–H and O–H groups in total. The van der Waals surface area contributed by atoms with Crippen LogP contribution in [0.2, 0.25) is 5.15 Å². The van der Waals surface area contributed by atoms with E-state index >= 15 is 0 Å². The van der Waals surface area contributed by atoms with E-state index in [9.17, 15) is 5.11 Å². The molecule has 0 amide bonds. The maximum Gasteiger partial charge on any atom is 0.215 e. The summed E-state index contributed by atoms with van der Waals surface area (Å²) in [6.45, 7) is 3.37. The molecule has 10 heteroatoms. The van der Waals surface area contributed by atoms with Crippen LogP contribution >= 0.6 is 11.6 Å². The van der Waals surface area contributed by atoms with Gasteiger partial charge in [-0.25, -0.2) is 15.0 Å². The molecule has 0 radical (unpaired) electrons. The topological polar surface area (TPSA) is 104 Å². The highest BCUT2D eigenvalue weighted by Gasteiger charge is 2.40. The van der Waals surface area contributed by atoms with Gasteiger partial charge in [-0.05, 0) is 38.1 Å². The summed E-state index contributed by atoms with van der Waals surface area (Å²) in [5.41, 5.74) is 1.27. The fourth-order valence-corrected chi connectivity index (χ4v) is 4.06. The predicted molar refractivity (Wildman–Crippen MR) is 117 cm³/mol. The van der Waals surface area contributed by atoms with E-state index in [2.05, 4.69) is 19.9 Å². The summed E-state index contributed by atoms with van der Waals surface area (Å²) in [6.07, 6.45) is 4.24. The molecule has 3 atom stereocenters. The first kappa shape index (κ1) is 21.0.